The van der Waals surface area contributed by atoms with Crippen molar-refractivity contribution in [2.45, 2.75) is 32.5 Å². The van der Waals surface area contributed by atoms with Gasteiger partial charge in [-0.2, -0.15) is 0 Å². The largest absolute Gasteiger partial charge is 0.496 e. The molecule has 1 atom stereocenters. The highest BCUT2D eigenvalue weighted by Gasteiger charge is 2.31. The van der Waals surface area contributed by atoms with Gasteiger partial charge >= 0.3 is 0 Å². The molecule has 0 spiro atoms. The Bertz CT molecular complexity index is 820. The zero-order chi connectivity index (χ0) is 19.5. The maximum Gasteiger partial charge on any atom is 0.205 e. The van der Waals surface area contributed by atoms with E-state index in [1.165, 1.54) is 18.4 Å². The quantitative estimate of drug-likeness (QED) is 0.651. The first-order chi connectivity index (χ1) is 13.7. The van der Waals surface area contributed by atoms with Crippen LogP contribution in [0.3, 0.4) is 0 Å². The molecule has 5 nitrogen and oxygen atoms in total. The number of rotatable bonds is 8. The van der Waals surface area contributed by atoms with Gasteiger partial charge in [-0.3, -0.25) is 0 Å². The lowest BCUT2D eigenvalue weighted by molar-refractivity contribution is 0.0351. The topological polar surface area (TPSA) is 40.2 Å². The minimum Gasteiger partial charge on any atom is -0.496 e. The molecule has 148 valence electrons. The van der Waals surface area contributed by atoms with Crippen molar-refractivity contribution in [3.63, 3.8) is 0 Å². The zero-order valence-corrected chi connectivity index (χ0v) is 16.7. The standard InChI is InChI=1S/C23H27NO4/c1-16-13-24(14-17-9-11-19(12-10-17)27-15-18-7-8-18)23(28-16)22-20(25-2)5-4-6-21(22)26-3/h4-6,9-13,18,23H,7-8,14-15H2,1-3H3/t23-/m1/s1. The molecule has 0 unspecified atom stereocenters. The second-order valence-corrected chi connectivity index (χ2v) is 7.36. The summed E-state index contributed by atoms with van der Waals surface area (Å²) in [5, 5.41) is 0. The molecular formula is C23H27NO4. The Balaban J connectivity index is 1.51. The number of methoxy groups -OCH3 is 2. The third-order valence-corrected chi connectivity index (χ3v) is 5.13. The average molecular weight is 381 g/mol. The predicted molar refractivity (Wildman–Crippen MR) is 107 cm³/mol. The molecule has 2 aromatic rings. The third kappa shape index (κ3) is 4.03. The fourth-order valence-electron chi connectivity index (χ4n) is 3.45. The SMILES string of the molecule is COc1cccc(OC)c1[C@H]1OC(C)=CN1Cc1ccc(OCC2CC2)cc1. The Morgan fingerprint density at radius 3 is 2.29 bits per heavy atom. The molecule has 0 radical (unpaired) electrons. The molecule has 0 saturated heterocycles. The van der Waals surface area contributed by atoms with E-state index in [4.69, 9.17) is 18.9 Å². The van der Waals surface area contributed by atoms with Gasteiger partial charge in [0.25, 0.3) is 0 Å². The first kappa shape index (κ1) is 18.5. The van der Waals surface area contributed by atoms with Crippen molar-refractivity contribution in [1.82, 2.24) is 4.90 Å². The number of nitrogens with zero attached hydrogens (tertiary/aromatic N) is 1. The van der Waals surface area contributed by atoms with Gasteiger partial charge in [-0.15, -0.1) is 0 Å². The van der Waals surface area contributed by atoms with Crippen LogP contribution in [0.1, 0.15) is 37.1 Å². The summed E-state index contributed by atoms with van der Waals surface area (Å²) in [6.45, 7) is 3.51. The van der Waals surface area contributed by atoms with E-state index in [0.717, 1.165) is 41.1 Å². The average Bonchev–Trinajstić information content (AvgIpc) is 3.48. The Morgan fingerprint density at radius 2 is 1.68 bits per heavy atom. The number of ether oxygens (including phenoxy) is 4. The van der Waals surface area contributed by atoms with Crippen molar-refractivity contribution in [2.75, 3.05) is 20.8 Å². The smallest absolute Gasteiger partial charge is 0.205 e. The van der Waals surface area contributed by atoms with Gasteiger partial charge in [0.2, 0.25) is 6.23 Å². The van der Waals surface area contributed by atoms with Crippen molar-refractivity contribution in [2.24, 2.45) is 5.92 Å². The van der Waals surface area contributed by atoms with Gasteiger partial charge < -0.3 is 23.8 Å². The van der Waals surface area contributed by atoms with Crippen molar-refractivity contribution >= 4 is 0 Å². The summed E-state index contributed by atoms with van der Waals surface area (Å²) in [6.07, 6.45) is 4.34. The summed E-state index contributed by atoms with van der Waals surface area (Å²) < 4.78 is 23.1. The van der Waals surface area contributed by atoms with Crippen LogP contribution in [0.5, 0.6) is 17.2 Å². The molecule has 28 heavy (non-hydrogen) atoms. The van der Waals surface area contributed by atoms with Crippen LogP contribution in [0.2, 0.25) is 0 Å². The maximum atomic E-state index is 6.12. The molecule has 1 saturated carbocycles. The van der Waals surface area contributed by atoms with Crippen LogP contribution in [0.15, 0.2) is 54.4 Å². The highest BCUT2D eigenvalue weighted by molar-refractivity contribution is 5.47. The molecule has 1 aliphatic carbocycles. The number of benzene rings is 2. The fourth-order valence-corrected chi connectivity index (χ4v) is 3.45. The first-order valence-electron chi connectivity index (χ1n) is 9.71. The molecule has 0 N–H and O–H groups in total. The van der Waals surface area contributed by atoms with E-state index >= 15 is 0 Å². The summed E-state index contributed by atoms with van der Waals surface area (Å²) in [7, 11) is 3.33. The van der Waals surface area contributed by atoms with Crippen molar-refractivity contribution in [3.05, 3.63) is 65.6 Å². The summed E-state index contributed by atoms with van der Waals surface area (Å²) in [4.78, 5) is 2.16. The van der Waals surface area contributed by atoms with Crippen LogP contribution in [0, 0.1) is 5.92 Å². The van der Waals surface area contributed by atoms with E-state index in [2.05, 4.69) is 17.0 Å². The highest BCUT2D eigenvalue weighted by atomic mass is 16.5. The summed E-state index contributed by atoms with van der Waals surface area (Å²) in [6, 6.07) is 14.1. The molecule has 0 amide bonds. The minimum atomic E-state index is -0.295. The van der Waals surface area contributed by atoms with E-state index in [0.29, 0.717) is 6.54 Å². The Hall–Kier alpha value is -2.82. The van der Waals surface area contributed by atoms with Gasteiger partial charge in [0, 0.05) is 12.7 Å². The molecule has 1 aliphatic heterocycles. The minimum absolute atomic E-state index is 0.295. The zero-order valence-electron chi connectivity index (χ0n) is 16.7. The lowest BCUT2D eigenvalue weighted by atomic mass is 10.1. The number of hydrogen-bond donors (Lipinski definition) is 0. The Kier molecular flexibility index (Phi) is 5.33. The molecule has 0 bridgehead atoms. The van der Waals surface area contributed by atoms with Crippen LogP contribution >= 0.6 is 0 Å². The van der Waals surface area contributed by atoms with E-state index in [1.54, 1.807) is 14.2 Å². The Morgan fingerprint density at radius 1 is 1.00 bits per heavy atom. The summed E-state index contributed by atoms with van der Waals surface area (Å²) in [5.74, 6) is 4.05. The van der Waals surface area contributed by atoms with Gasteiger partial charge in [0.15, 0.2) is 0 Å². The fraction of sp³-hybridized carbons (Fsp3) is 0.391. The van der Waals surface area contributed by atoms with E-state index in [-0.39, 0.29) is 6.23 Å². The van der Waals surface area contributed by atoms with Gasteiger partial charge in [-0.05, 0) is 55.5 Å². The number of hydrogen-bond acceptors (Lipinski definition) is 5. The second-order valence-electron chi connectivity index (χ2n) is 7.36. The van der Waals surface area contributed by atoms with Crippen LogP contribution in [-0.2, 0) is 11.3 Å². The van der Waals surface area contributed by atoms with Crippen molar-refractivity contribution in [1.29, 1.82) is 0 Å². The van der Waals surface area contributed by atoms with Crippen LogP contribution in [0.25, 0.3) is 0 Å². The van der Waals surface area contributed by atoms with Gasteiger partial charge in [0.1, 0.15) is 23.0 Å². The van der Waals surface area contributed by atoms with E-state index < -0.39 is 0 Å². The van der Waals surface area contributed by atoms with E-state index in [9.17, 15) is 0 Å². The lowest BCUT2D eigenvalue weighted by Gasteiger charge is -2.27. The monoisotopic (exact) mass is 381 g/mol. The van der Waals surface area contributed by atoms with E-state index in [1.807, 2.05) is 43.5 Å². The first-order valence-corrected chi connectivity index (χ1v) is 9.71. The van der Waals surface area contributed by atoms with Crippen molar-refractivity contribution < 1.29 is 18.9 Å². The van der Waals surface area contributed by atoms with Gasteiger partial charge in [-0.1, -0.05) is 18.2 Å². The molecule has 2 aromatic carbocycles. The van der Waals surface area contributed by atoms with Crippen LogP contribution in [0.4, 0.5) is 0 Å². The van der Waals surface area contributed by atoms with Crippen LogP contribution < -0.4 is 14.2 Å². The van der Waals surface area contributed by atoms with Gasteiger partial charge in [-0.25, -0.2) is 0 Å². The molecule has 1 heterocycles. The highest BCUT2D eigenvalue weighted by Crippen LogP contribution is 2.42. The number of allylic oxidation sites excluding steroid dienone is 1. The van der Waals surface area contributed by atoms with Gasteiger partial charge in [0.05, 0.1) is 26.4 Å². The Labute approximate surface area is 166 Å². The summed E-state index contributed by atoms with van der Waals surface area (Å²) in [5.41, 5.74) is 2.08. The third-order valence-electron chi connectivity index (χ3n) is 5.13. The predicted octanol–water partition coefficient (Wildman–Crippen LogP) is 4.88. The lowest BCUT2D eigenvalue weighted by Crippen LogP contribution is -2.21. The summed E-state index contributed by atoms with van der Waals surface area (Å²) >= 11 is 0. The molecule has 4 rings (SSSR count). The van der Waals surface area contributed by atoms with Crippen molar-refractivity contribution in [3.8, 4) is 17.2 Å². The molecule has 1 fully saturated rings. The second kappa shape index (κ2) is 8.05. The molecule has 5 heteroatoms. The normalized spacial score (nSPS) is 18.5. The molecule has 2 aliphatic rings. The molecule has 0 aromatic heterocycles. The van der Waals surface area contributed by atoms with Crippen LogP contribution in [-0.4, -0.2) is 25.7 Å². The molecular weight excluding hydrogens is 354 g/mol. The maximum absolute atomic E-state index is 6.12.